The van der Waals surface area contributed by atoms with Gasteiger partial charge in [0.15, 0.2) is 12.4 Å². The van der Waals surface area contributed by atoms with E-state index in [-0.39, 0.29) is 11.3 Å². The fourth-order valence-corrected chi connectivity index (χ4v) is 3.29. The summed E-state index contributed by atoms with van der Waals surface area (Å²) in [5.41, 5.74) is 1.40. The van der Waals surface area contributed by atoms with Gasteiger partial charge in [-0.1, -0.05) is 29.3 Å². The molecule has 3 aromatic rings. The standard InChI is InChI=1S/C22H18Cl2N2O5/c1-13(17-9-6-15(23)11-18(17)24)25-20(27)12-31-22(29)14-4-7-16(8-5-14)26-21(28)19-3-2-10-30-19/h2-11,13H,12H2,1H3,(H,25,27)(H,26,28). The number of esters is 1. The highest BCUT2D eigenvalue weighted by molar-refractivity contribution is 6.35. The minimum atomic E-state index is -0.670. The minimum Gasteiger partial charge on any atom is -0.459 e. The second-order valence-electron chi connectivity index (χ2n) is 6.54. The Labute approximate surface area is 188 Å². The lowest BCUT2D eigenvalue weighted by atomic mass is 10.1. The first-order chi connectivity index (χ1) is 14.8. The zero-order valence-electron chi connectivity index (χ0n) is 16.4. The van der Waals surface area contributed by atoms with E-state index in [1.165, 1.54) is 24.5 Å². The second kappa shape index (κ2) is 10.1. The number of nitrogens with one attached hydrogen (secondary N) is 2. The first-order valence-electron chi connectivity index (χ1n) is 9.20. The molecule has 0 bridgehead atoms. The van der Waals surface area contributed by atoms with Gasteiger partial charge in [0.2, 0.25) is 0 Å². The molecule has 0 saturated heterocycles. The molecule has 0 saturated carbocycles. The number of amides is 2. The van der Waals surface area contributed by atoms with Crippen LogP contribution in [0.1, 0.15) is 39.4 Å². The van der Waals surface area contributed by atoms with Crippen LogP contribution in [0.4, 0.5) is 5.69 Å². The highest BCUT2D eigenvalue weighted by Crippen LogP contribution is 2.26. The van der Waals surface area contributed by atoms with Crippen molar-refractivity contribution in [2.75, 3.05) is 11.9 Å². The number of rotatable bonds is 7. The molecule has 2 amide bonds. The molecule has 0 fully saturated rings. The molecule has 1 atom stereocenters. The van der Waals surface area contributed by atoms with Crippen molar-refractivity contribution in [1.29, 1.82) is 0 Å². The van der Waals surface area contributed by atoms with Gasteiger partial charge in [-0.05, 0) is 61.0 Å². The minimum absolute atomic E-state index is 0.170. The van der Waals surface area contributed by atoms with Crippen LogP contribution in [0, 0.1) is 0 Å². The van der Waals surface area contributed by atoms with Gasteiger partial charge in [0.05, 0.1) is 17.9 Å². The van der Waals surface area contributed by atoms with Crippen molar-refractivity contribution < 1.29 is 23.5 Å². The predicted molar refractivity (Wildman–Crippen MR) is 116 cm³/mol. The summed E-state index contributed by atoms with van der Waals surface area (Å²) in [7, 11) is 0. The number of benzene rings is 2. The van der Waals surface area contributed by atoms with Crippen LogP contribution in [0.15, 0.2) is 65.3 Å². The summed E-state index contributed by atoms with van der Waals surface area (Å²) < 4.78 is 10.1. The average Bonchev–Trinajstić information content (AvgIpc) is 3.27. The maximum atomic E-state index is 12.2. The SMILES string of the molecule is CC(NC(=O)COC(=O)c1ccc(NC(=O)c2ccco2)cc1)c1ccc(Cl)cc1Cl. The van der Waals surface area contributed by atoms with Crippen molar-refractivity contribution in [2.45, 2.75) is 13.0 Å². The van der Waals surface area contributed by atoms with Crippen LogP contribution >= 0.6 is 23.2 Å². The van der Waals surface area contributed by atoms with E-state index in [1.54, 1.807) is 43.3 Å². The number of hydrogen-bond donors (Lipinski definition) is 2. The van der Waals surface area contributed by atoms with E-state index in [1.807, 2.05) is 0 Å². The summed E-state index contributed by atoms with van der Waals surface area (Å²) in [6, 6.07) is 13.8. The van der Waals surface area contributed by atoms with E-state index in [4.69, 9.17) is 32.4 Å². The topological polar surface area (TPSA) is 97.6 Å². The van der Waals surface area contributed by atoms with Crippen molar-refractivity contribution in [2.24, 2.45) is 0 Å². The fourth-order valence-electron chi connectivity index (χ4n) is 2.72. The van der Waals surface area contributed by atoms with Crippen molar-refractivity contribution in [3.8, 4) is 0 Å². The molecule has 3 rings (SSSR count). The maximum Gasteiger partial charge on any atom is 0.338 e. The summed E-state index contributed by atoms with van der Waals surface area (Å²) >= 11 is 12.0. The summed E-state index contributed by atoms with van der Waals surface area (Å²) in [4.78, 5) is 36.2. The third-order valence-corrected chi connectivity index (χ3v) is 4.83. The van der Waals surface area contributed by atoms with Crippen LogP contribution in [-0.4, -0.2) is 24.4 Å². The van der Waals surface area contributed by atoms with Crippen molar-refractivity contribution >= 4 is 46.7 Å². The highest BCUT2D eigenvalue weighted by Gasteiger charge is 2.16. The molecule has 7 nitrogen and oxygen atoms in total. The molecule has 2 aromatic carbocycles. The zero-order chi connectivity index (χ0) is 22.4. The van der Waals surface area contributed by atoms with Crippen LogP contribution in [0.3, 0.4) is 0 Å². The van der Waals surface area contributed by atoms with E-state index in [0.29, 0.717) is 21.3 Å². The molecule has 1 heterocycles. The Kier molecular flexibility index (Phi) is 7.33. The summed E-state index contributed by atoms with van der Waals surface area (Å²) in [5.74, 6) is -1.39. The van der Waals surface area contributed by atoms with Crippen LogP contribution in [0.25, 0.3) is 0 Å². The Morgan fingerprint density at radius 3 is 2.45 bits per heavy atom. The molecule has 0 aliphatic carbocycles. The van der Waals surface area contributed by atoms with E-state index in [9.17, 15) is 14.4 Å². The number of anilines is 1. The first kappa shape index (κ1) is 22.4. The van der Waals surface area contributed by atoms with Gasteiger partial charge in [-0.25, -0.2) is 4.79 Å². The molecule has 0 aliphatic heterocycles. The summed E-state index contributed by atoms with van der Waals surface area (Å²) in [6.45, 7) is 1.30. The molecule has 1 aromatic heterocycles. The van der Waals surface area contributed by atoms with E-state index < -0.39 is 30.4 Å². The average molecular weight is 461 g/mol. The number of carbonyl (C=O) groups excluding carboxylic acids is 3. The van der Waals surface area contributed by atoms with Crippen LogP contribution in [0.5, 0.6) is 0 Å². The largest absolute Gasteiger partial charge is 0.459 e. The molecule has 0 spiro atoms. The number of carbonyl (C=O) groups is 3. The normalized spacial score (nSPS) is 11.5. The molecular formula is C22H18Cl2N2O5. The van der Waals surface area contributed by atoms with Gasteiger partial charge < -0.3 is 19.8 Å². The van der Waals surface area contributed by atoms with Gasteiger partial charge in [0, 0.05) is 15.7 Å². The lowest BCUT2D eigenvalue weighted by Gasteiger charge is -2.16. The monoisotopic (exact) mass is 460 g/mol. The summed E-state index contributed by atoms with van der Waals surface area (Å²) in [6.07, 6.45) is 1.40. The third kappa shape index (κ3) is 6.10. The lowest BCUT2D eigenvalue weighted by molar-refractivity contribution is -0.124. The molecule has 0 radical (unpaired) electrons. The van der Waals surface area contributed by atoms with Crippen LogP contribution < -0.4 is 10.6 Å². The Bertz CT molecular complexity index is 1080. The fraction of sp³-hybridized carbons (Fsp3) is 0.136. The second-order valence-corrected chi connectivity index (χ2v) is 7.38. The van der Waals surface area contributed by atoms with E-state index in [2.05, 4.69) is 10.6 Å². The Balaban J connectivity index is 1.49. The number of ether oxygens (including phenoxy) is 1. The van der Waals surface area contributed by atoms with Crippen LogP contribution in [-0.2, 0) is 9.53 Å². The Hall–Kier alpha value is -3.29. The number of furan rings is 1. The van der Waals surface area contributed by atoms with Gasteiger partial charge in [0.25, 0.3) is 11.8 Å². The van der Waals surface area contributed by atoms with Gasteiger partial charge in [-0.3, -0.25) is 9.59 Å². The zero-order valence-corrected chi connectivity index (χ0v) is 17.9. The van der Waals surface area contributed by atoms with Crippen molar-refractivity contribution in [3.63, 3.8) is 0 Å². The highest BCUT2D eigenvalue weighted by atomic mass is 35.5. The quantitative estimate of drug-likeness (QED) is 0.489. The lowest BCUT2D eigenvalue weighted by Crippen LogP contribution is -2.31. The van der Waals surface area contributed by atoms with E-state index >= 15 is 0 Å². The van der Waals surface area contributed by atoms with Gasteiger partial charge in [0.1, 0.15) is 0 Å². The maximum absolute atomic E-state index is 12.2. The van der Waals surface area contributed by atoms with Crippen molar-refractivity contribution in [3.05, 3.63) is 87.8 Å². The van der Waals surface area contributed by atoms with Crippen molar-refractivity contribution in [1.82, 2.24) is 5.32 Å². The molecule has 9 heteroatoms. The molecule has 0 aliphatic rings. The Morgan fingerprint density at radius 1 is 1.06 bits per heavy atom. The van der Waals surface area contributed by atoms with Gasteiger partial charge in [-0.15, -0.1) is 0 Å². The first-order valence-corrected chi connectivity index (χ1v) is 9.95. The van der Waals surface area contributed by atoms with Gasteiger partial charge >= 0.3 is 5.97 Å². The molecule has 160 valence electrons. The molecule has 31 heavy (non-hydrogen) atoms. The third-order valence-electron chi connectivity index (χ3n) is 4.26. The predicted octanol–water partition coefficient (Wildman–Crippen LogP) is 4.87. The van der Waals surface area contributed by atoms with E-state index in [0.717, 1.165) is 0 Å². The molecule has 2 N–H and O–H groups in total. The smallest absolute Gasteiger partial charge is 0.338 e. The molecular weight excluding hydrogens is 443 g/mol. The van der Waals surface area contributed by atoms with Gasteiger partial charge in [-0.2, -0.15) is 0 Å². The number of halogens is 2. The Morgan fingerprint density at radius 2 is 1.81 bits per heavy atom. The molecule has 1 unspecified atom stereocenters. The number of hydrogen-bond acceptors (Lipinski definition) is 5. The summed E-state index contributed by atoms with van der Waals surface area (Å²) in [5, 5.41) is 6.27. The van der Waals surface area contributed by atoms with Crippen LogP contribution in [0.2, 0.25) is 10.0 Å².